The van der Waals surface area contributed by atoms with E-state index in [2.05, 4.69) is 36.2 Å². The number of aliphatic carboxylic acids is 1. The lowest BCUT2D eigenvalue weighted by atomic mass is 9.98. The number of hydrogen-bond acceptors (Lipinski definition) is 4. The van der Waals surface area contributed by atoms with E-state index in [9.17, 15) is 9.90 Å². The average Bonchev–Trinajstić information content (AvgIpc) is 2.57. The van der Waals surface area contributed by atoms with Crippen molar-refractivity contribution in [2.75, 3.05) is 18.0 Å². The molecule has 23 heavy (non-hydrogen) atoms. The largest absolute Gasteiger partial charge is 0.481 e. The number of benzene rings is 1. The average molecular weight is 311 g/mol. The Morgan fingerprint density at radius 1 is 1.17 bits per heavy atom. The maximum absolute atomic E-state index is 11.2. The van der Waals surface area contributed by atoms with Gasteiger partial charge in [0.05, 0.1) is 11.6 Å². The number of carbonyl (C=O) groups is 1. The second-order valence-electron chi connectivity index (χ2n) is 6.20. The number of rotatable bonds is 3. The first-order valence-electron chi connectivity index (χ1n) is 7.93. The fraction of sp³-hybridized carbons (Fsp3) is 0.389. The van der Waals surface area contributed by atoms with Crippen molar-refractivity contribution in [2.24, 2.45) is 5.92 Å². The Morgan fingerprint density at radius 2 is 2.00 bits per heavy atom. The molecule has 0 aliphatic carbocycles. The number of carboxylic acids is 1. The summed E-state index contributed by atoms with van der Waals surface area (Å²) in [6.45, 7) is 5.51. The molecule has 2 aromatic rings. The molecule has 0 radical (unpaired) electrons. The van der Waals surface area contributed by atoms with E-state index in [0.29, 0.717) is 6.54 Å². The molecule has 0 amide bonds. The van der Waals surface area contributed by atoms with Gasteiger partial charge in [0.2, 0.25) is 0 Å². The van der Waals surface area contributed by atoms with Crippen LogP contribution in [0.25, 0.3) is 11.3 Å². The van der Waals surface area contributed by atoms with Gasteiger partial charge in [-0.2, -0.15) is 0 Å². The van der Waals surface area contributed by atoms with Gasteiger partial charge in [-0.15, -0.1) is 10.2 Å². The molecular formula is C18H21N3O2. The van der Waals surface area contributed by atoms with Gasteiger partial charge >= 0.3 is 5.97 Å². The SMILES string of the molecule is Cc1ccc(-c2ccc(N3CCC[C@H](C(=O)O)C3)nn2)cc1C. The molecule has 5 nitrogen and oxygen atoms in total. The van der Waals surface area contributed by atoms with Crippen LogP contribution < -0.4 is 4.90 Å². The number of piperidine rings is 1. The second kappa shape index (κ2) is 6.36. The van der Waals surface area contributed by atoms with Gasteiger partial charge in [0, 0.05) is 18.7 Å². The van der Waals surface area contributed by atoms with Crippen LogP contribution in [0.15, 0.2) is 30.3 Å². The number of hydrogen-bond donors (Lipinski definition) is 1. The molecule has 1 N–H and O–H groups in total. The lowest BCUT2D eigenvalue weighted by Gasteiger charge is -2.31. The van der Waals surface area contributed by atoms with Crippen molar-refractivity contribution in [1.29, 1.82) is 0 Å². The summed E-state index contributed by atoms with van der Waals surface area (Å²) in [6.07, 6.45) is 1.61. The Morgan fingerprint density at radius 3 is 2.65 bits per heavy atom. The van der Waals surface area contributed by atoms with Gasteiger partial charge in [-0.05, 0) is 56.0 Å². The molecule has 0 spiro atoms. The zero-order chi connectivity index (χ0) is 16.4. The van der Waals surface area contributed by atoms with E-state index < -0.39 is 5.97 Å². The zero-order valence-corrected chi connectivity index (χ0v) is 13.5. The minimum atomic E-state index is -0.727. The predicted molar refractivity (Wildman–Crippen MR) is 89.5 cm³/mol. The Kier molecular flexibility index (Phi) is 4.28. The smallest absolute Gasteiger partial charge is 0.308 e. The lowest BCUT2D eigenvalue weighted by Crippen LogP contribution is -2.39. The van der Waals surface area contributed by atoms with Crippen molar-refractivity contribution in [3.05, 3.63) is 41.5 Å². The first-order valence-corrected chi connectivity index (χ1v) is 7.93. The van der Waals surface area contributed by atoms with Crippen molar-refractivity contribution in [3.63, 3.8) is 0 Å². The third-order valence-electron chi connectivity index (χ3n) is 4.55. The number of carboxylic acid groups (broad SMARTS) is 1. The molecule has 1 saturated heterocycles. The summed E-state index contributed by atoms with van der Waals surface area (Å²) in [6, 6.07) is 10.1. The van der Waals surface area contributed by atoms with Gasteiger partial charge in [0.15, 0.2) is 5.82 Å². The van der Waals surface area contributed by atoms with E-state index in [0.717, 1.165) is 36.5 Å². The first kappa shape index (κ1) is 15.5. The molecule has 5 heteroatoms. The Bertz CT molecular complexity index is 713. The Balaban J connectivity index is 1.79. The van der Waals surface area contributed by atoms with Crippen LogP contribution in [-0.4, -0.2) is 34.4 Å². The molecule has 1 fully saturated rings. The summed E-state index contributed by atoms with van der Waals surface area (Å²) in [5, 5.41) is 17.8. The standard InChI is InChI=1S/C18H21N3O2/c1-12-5-6-14(10-13(12)2)16-7-8-17(20-19-16)21-9-3-4-15(11-21)18(22)23/h5-8,10,15H,3-4,9,11H2,1-2H3,(H,22,23)/t15-/m0/s1. The van der Waals surface area contributed by atoms with Gasteiger partial charge in [0.1, 0.15) is 0 Å². The summed E-state index contributed by atoms with van der Waals surface area (Å²) in [7, 11) is 0. The van der Waals surface area contributed by atoms with Gasteiger partial charge in [-0.25, -0.2) is 0 Å². The maximum Gasteiger partial charge on any atom is 0.308 e. The van der Waals surface area contributed by atoms with E-state index in [-0.39, 0.29) is 5.92 Å². The van der Waals surface area contributed by atoms with E-state index in [4.69, 9.17) is 0 Å². The van der Waals surface area contributed by atoms with Crippen LogP contribution in [0.5, 0.6) is 0 Å². The fourth-order valence-electron chi connectivity index (χ4n) is 2.94. The lowest BCUT2D eigenvalue weighted by molar-refractivity contribution is -0.141. The molecule has 0 bridgehead atoms. The van der Waals surface area contributed by atoms with Crippen molar-refractivity contribution >= 4 is 11.8 Å². The third kappa shape index (κ3) is 3.33. The van der Waals surface area contributed by atoms with E-state index in [1.807, 2.05) is 23.1 Å². The van der Waals surface area contributed by atoms with Crippen molar-refractivity contribution in [2.45, 2.75) is 26.7 Å². The van der Waals surface area contributed by atoms with Crippen molar-refractivity contribution in [1.82, 2.24) is 10.2 Å². The summed E-state index contributed by atoms with van der Waals surface area (Å²) in [4.78, 5) is 13.2. The highest BCUT2D eigenvalue weighted by molar-refractivity contribution is 5.71. The van der Waals surface area contributed by atoms with Gasteiger partial charge in [-0.1, -0.05) is 12.1 Å². The maximum atomic E-state index is 11.2. The molecule has 120 valence electrons. The van der Waals surface area contributed by atoms with E-state index in [1.165, 1.54) is 11.1 Å². The number of anilines is 1. The molecular weight excluding hydrogens is 290 g/mol. The molecule has 1 aromatic carbocycles. The first-order chi connectivity index (χ1) is 11.0. The van der Waals surface area contributed by atoms with Crippen LogP contribution in [0.4, 0.5) is 5.82 Å². The van der Waals surface area contributed by atoms with Gasteiger partial charge in [-0.3, -0.25) is 4.79 Å². The van der Waals surface area contributed by atoms with Crippen LogP contribution in [-0.2, 0) is 4.79 Å². The summed E-state index contributed by atoms with van der Waals surface area (Å²) in [5.41, 5.74) is 4.37. The molecule has 1 aliphatic heterocycles. The normalized spacial score (nSPS) is 18.0. The number of aryl methyl sites for hydroxylation is 2. The monoisotopic (exact) mass is 311 g/mol. The zero-order valence-electron chi connectivity index (χ0n) is 13.5. The quantitative estimate of drug-likeness (QED) is 0.943. The molecule has 2 heterocycles. The predicted octanol–water partition coefficient (Wildman–Crippen LogP) is 3.06. The highest BCUT2D eigenvalue weighted by Gasteiger charge is 2.26. The van der Waals surface area contributed by atoms with Crippen LogP contribution in [0, 0.1) is 19.8 Å². The molecule has 1 aromatic heterocycles. The van der Waals surface area contributed by atoms with Crippen LogP contribution in [0.2, 0.25) is 0 Å². The minimum absolute atomic E-state index is 0.315. The van der Waals surface area contributed by atoms with Crippen LogP contribution in [0.1, 0.15) is 24.0 Å². The molecule has 0 unspecified atom stereocenters. The molecule has 0 saturated carbocycles. The van der Waals surface area contributed by atoms with E-state index >= 15 is 0 Å². The van der Waals surface area contributed by atoms with E-state index in [1.54, 1.807) is 0 Å². The van der Waals surface area contributed by atoms with Crippen LogP contribution in [0.3, 0.4) is 0 Å². The van der Waals surface area contributed by atoms with Crippen molar-refractivity contribution in [3.8, 4) is 11.3 Å². The second-order valence-corrected chi connectivity index (χ2v) is 6.20. The molecule has 1 atom stereocenters. The third-order valence-corrected chi connectivity index (χ3v) is 4.55. The summed E-state index contributed by atoms with van der Waals surface area (Å²) in [5.74, 6) is -0.289. The van der Waals surface area contributed by atoms with Gasteiger partial charge < -0.3 is 10.0 Å². The molecule has 1 aliphatic rings. The van der Waals surface area contributed by atoms with Gasteiger partial charge in [0.25, 0.3) is 0 Å². The number of nitrogens with zero attached hydrogens (tertiary/aromatic N) is 3. The molecule has 3 rings (SSSR count). The summed E-state index contributed by atoms with van der Waals surface area (Å²) < 4.78 is 0. The summed E-state index contributed by atoms with van der Waals surface area (Å²) >= 11 is 0. The Hall–Kier alpha value is -2.43. The topological polar surface area (TPSA) is 66.3 Å². The van der Waals surface area contributed by atoms with Crippen LogP contribution >= 0.6 is 0 Å². The minimum Gasteiger partial charge on any atom is -0.481 e. The highest BCUT2D eigenvalue weighted by Crippen LogP contribution is 2.24. The van der Waals surface area contributed by atoms with Crippen molar-refractivity contribution < 1.29 is 9.90 Å². The highest BCUT2D eigenvalue weighted by atomic mass is 16.4. The Labute approximate surface area is 136 Å². The fourth-order valence-corrected chi connectivity index (χ4v) is 2.94. The number of aromatic nitrogens is 2.